The van der Waals surface area contributed by atoms with Crippen molar-refractivity contribution < 1.29 is 17.9 Å². The number of hydrogen-bond acceptors (Lipinski definition) is 5. The Kier molecular flexibility index (Phi) is 6.99. The number of benzene rings is 2. The summed E-state index contributed by atoms with van der Waals surface area (Å²) in [4.78, 5) is 17.3. The fraction of sp³-hybridized carbons (Fsp3) is 0.238. The second-order valence-electron chi connectivity index (χ2n) is 6.63. The first-order chi connectivity index (χ1) is 14.4. The number of ether oxygens (including phenoxy) is 1. The van der Waals surface area contributed by atoms with E-state index in [4.69, 9.17) is 4.74 Å². The van der Waals surface area contributed by atoms with E-state index in [1.165, 1.54) is 31.4 Å². The number of nitrogens with zero attached hydrogens (tertiary/aromatic N) is 2. The van der Waals surface area contributed by atoms with E-state index in [1.54, 1.807) is 6.20 Å². The summed E-state index contributed by atoms with van der Waals surface area (Å²) in [6.07, 6.45) is 3.49. The van der Waals surface area contributed by atoms with Gasteiger partial charge in [0, 0.05) is 38.7 Å². The molecule has 0 fully saturated rings. The van der Waals surface area contributed by atoms with Crippen molar-refractivity contribution in [1.29, 1.82) is 0 Å². The molecule has 1 amide bonds. The lowest BCUT2D eigenvalue weighted by molar-refractivity contribution is 0.0941. The molecule has 0 aliphatic heterocycles. The van der Waals surface area contributed by atoms with Crippen LogP contribution >= 0.6 is 0 Å². The predicted octanol–water partition coefficient (Wildman–Crippen LogP) is 1.86. The van der Waals surface area contributed by atoms with Crippen LogP contribution in [0.4, 0.5) is 0 Å². The van der Waals surface area contributed by atoms with Crippen molar-refractivity contribution in [3.05, 3.63) is 83.9 Å². The van der Waals surface area contributed by atoms with Crippen LogP contribution in [0, 0.1) is 0 Å². The fourth-order valence-electron chi connectivity index (χ4n) is 2.96. The zero-order valence-electron chi connectivity index (χ0n) is 16.8. The molecule has 2 aromatic carbocycles. The smallest absolute Gasteiger partial charge is 0.252 e. The Morgan fingerprint density at radius 1 is 1.13 bits per heavy atom. The molecule has 3 rings (SSSR count). The third kappa shape index (κ3) is 5.12. The molecule has 1 aromatic heterocycles. The SMILES string of the molecule is COCCNS(=O)(=O)c1ccc(C(=O)NC(c2ccccc2)c2nccn2C)cc1. The van der Waals surface area contributed by atoms with Gasteiger partial charge in [-0.25, -0.2) is 18.1 Å². The van der Waals surface area contributed by atoms with Gasteiger partial charge in [0.1, 0.15) is 11.9 Å². The molecule has 9 heteroatoms. The first kappa shape index (κ1) is 21.7. The van der Waals surface area contributed by atoms with Crippen molar-refractivity contribution in [2.24, 2.45) is 7.05 Å². The van der Waals surface area contributed by atoms with E-state index >= 15 is 0 Å². The maximum absolute atomic E-state index is 12.9. The standard InChI is InChI=1S/C21H24N4O4S/c1-25-14-12-22-20(25)19(16-6-4-3-5-7-16)24-21(26)17-8-10-18(11-9-17)30(27,28)23-13-15-29-2/h3-12,14,19,23H,13,15H2,1-2H3,(H,24,26). The topological polar surface area (TPSA) is 102 Å². The molecule has 0 spiro atoms. The van der Waals surface area contributed by atoms with Crippen molar-refractivity contribution in [3.63, 3.8) is 0 Å². The summed E-state index contributed by atoms with van der Waals surface area (Å²) in [7, 11) is -0.300. The first-order valence-corrected chi connectivity index (χ1v) is 10.8. The van der Waals surface area contributed by atoms with Crippen LogP contribution in [-0.4, -0.2) is 44.1 Å². The Balaban J connectivity index is 1.79. The van der Waals surface area contributed by atoms with Crippen LogP contribution in [0.1, 0.15) is 27.8 Å². The minimum absolute atomic E-state index is 0.0823. The first-order valence-electron chi connectivity index (χ1n) is 9.34. The van der Waals surface area contributed by atoms with E-state index in [-0.39, 0.29) is 24.0 Å². The van der Waals surface area contributed by atoms with Crippen LogP contribution in [0.25, 0.3) is 0 Å². The zero-order valence-corrected chi connectivity index (χ0v) is 17.6. The number of carbonyl (C=O) groups excluding carboxylic acids is 1. The quantitative estimate of drug-likeness (QED) is 0.507. The van der Waals surface area contributed by atoms with Gasteiger partial charge in [-0.05, 0) is 29.8 Å². The van der Waals surface area contributed by atoms with Gasteiger partial charge in [0.15, 0.2) is 0 Å². The van der Waals surface area contributed by atoms with E-state index < -0.39 is 16.1 Å². The van der Waals surface area contributed by atoms with Gasteiger partial charge < -0.3 is 14.6 Å². The molecule has 1 unspecified atom stereocenters. The number of nitrogens with one attached hydrogen (secondary N) is 2. The number of hydrogen-bond donors (Lipinski definition) is 2. The predicted molar refractivity (Wildman–Crippen MR) is 112 cm³/mol. The van der Waals surface area contributed by atoms with Crippen molar-refractivity contribution in [3.8, 4) is 0 Å². The lowest BCUT2D eigenvalue weighted by Gasteiger charge is -2.19. The molecule has 30 heavy (non-hydrogen) atoms. The lowest BCUT2D eigenvalue weighted by atomic mass is 10.1. The molecule has 1 atom stereocenters. The normalized spacial score (nSPS) is 12.5. The molecule has 0 radical (unpaired) electrons. The molecule has 0 bridgehead atoms. The number of imidazole rings is 1. The average Bonchev–Trinajstić information content (AvgIpc) is 3.18. The molecule has 8 nitrogen and oxygen atoms in total. The van der Waals surface area contributed by atoms with E-state index in [2.05, 4.69) is 15.0 Å². The van der Waals surface area contributed by atoms with Crippen LogP contribution in [0.15, 0.2) is 71.9 Å². The van der Waals surface area contributed by atoms with E-state index in [9.17, 15) is 13.2 Å². The Morgan fingerprint density at radius 3 is 2.43 bits per heavy atom. The molecule has 3 aromatic rings. The summed E-state index contributed by atoms with van der Waals surface area (Å²) in [6, 6.07) is 14.9. The highest BCUT2D eigenvalue weighted by molar-refractivity contribution is 7.89. The second kappa shape index (κ2) is 9.66. The molecule has 0 saturated heterocycles. The van der Waals surface area contributed by atoms with E-state index in [0.717, 1.165) is 5.56 Å². The van der Waals surface area contributed by atoms with Crippen molar-refractivity contribution in [2.75, 3.05) is 20.3 Å². The molecule has 1 heterocycles. The summed E-state index contributed by atoms with van der Waals surface area (Å²) >= 11 is 0. The highest BCUT2D eigenvalue weighted by atomic mass is 32.2. The molecule has 0 aliphatic rings. The van der Waals surface area contributed by atoms with Gasteiger partial charge in [0.05, 0.1) is 11.5 Å². The van der Waals surface area contributed by atoms with Gasteiger partial charge in [-0.15, -0.1) is 0 Å². The van der Waals surface area contributed by atoms with Crippen molar-refractivity contribution >= 4 is 15.9 Å². The number of carbonyl (C=O) groups is 1. The zero-order chi connectivity index (χ0) is 21.6. The summed E-state index contributed by atoms with van der Waals surface area (Å²) in [5.41, 5.74) is 1.24. The maximum atomic E-state index is 12.9. The Bertz CT molecular complexity index is 1080. The number of aromatic nitrogens is 2. The molecular weight excluding hydrogens is 404 g/mol. The minimum Gasteiger partial charge on any atom is -0.383 e. The molecular formula is C21H24N4O4S. The van der Waals surface area contributed by atoms with Crippen molar-refractivity contribution in [1.82, 2.24) is 19.6 Å². The number of sulfonamides is 1. The largest absolute Gasteiger partial charge is 0.383 e. The molecule has 0 aliphatic carbocycles. The minimum atomic E-state index is -3.66. The summed E-state index contributed by atoms with van der Waals surface area (Å²) in [5.74, 6) is 0.360. The van der Waals surface area contributed by atoms with Gasteiger partial charge in [-0.3, -0.25) is 4.79 Å². The molecule has 158 valence electrons. The average molecular weight is 429 g/mol. The van der Waals surface area contributed by atoms with Crippen LogP contribution in [0.3, 0.4) is 0 Å². The number of aryl methyl sites for hydroxylation is 1. The third-order valence-corrected chi connectivity index (χ3v) is 6.03. The van der Waals surface area contributed by atoms with Crippen LogP contribution < -0.4 is 10.0 Å². The van der Waals surface area contributed by atoms with E-state index in [0.29, 0.717) is 11.4 Å². The highest BCUT2D eigenvalue weighted by Gasteiger charge is 2.22. The van der Waals surface area contributed by atoms with Gasteiger partial charge in [0.2, 0.25) is 10.0 Å². The highest BCUT2D eigenvalue weighted by Crippen LogP contribution is 2.21. The summed E-state index contributed by atoms with van der Waals surface area (Å²) in [6.45, 7) is 0.442. The maximum Gasteiger partial charge on any atom is 0.252 e. The Morgan fingerprint density at radius 2 is 1.83 bits per heavy atom. The van der Waals surface area contributed by atoms with Gasteiger partial charge in [-0.1, -0.05) is 30.3 Å². The Hall–Kier alpha value is -3.01. The molecule has 0 saturated carbocycles. The summed E-state index contributed by atoms with van der Waals surface area (Å²) < 4.78 is 33.7. The number of methoxy groups -OCH3 is 1. The monoisotopic (exact) mass is 428 g/mol. The number of rotatable bonds is 9. The van der Waals surface area contributed by atoms with Gasteiger partial charge in [-0.2, -0.15) is 0 Å². The summed E-state index contributed by atoms with van der Waals surface area (Å²) in [5, 5.41) is 2.99. The Labute approximate surface area is 176 Å². The lowest BCUT2D eigenvalue weighted by Crippen LogP contribution is -2.31. The van der Waals surface area contributed by atoms with Crippen molar-refractivity contribution in [2.45, 2.75) is 10.9 Å². The van der Waals surface area contributed by atoms with Crippen LogP contribution in [0.2, 0.25) is 0 Å². The van der Waals surface area contributed by atoms with E-state index in [1.807, 2.05) is 48.1 Å². The van der Waals surface area contributed by atoms with Gasteiger partial charge >= 0.3 is 0 Å². The second-order valence-corrected chi connectivity index (χ2v) is 8.40. The van der Waals surface area contributed by atoms with Crippen LogP contribution in [-0.2, 0) is 21.8 Å². The van der Waals surface area contributed by atoms with Gasteiger partial charge in [0.25, 0.3) is 5.91 Å². The fourth-order valence-corrected chi connectivity index (χ4v) is 3.97. The third-order valence-electron chi connectivity index (χ3n) is 4.55. The molecule has 2 N–H and O–H groups in total. The number of amides is 1. The van der Waals surface area contributed by atoms with Crippen LogP contribution in [0.5, 0.6) is 0 Å².